The van der Waals surface area contributed by atoms with Crippen molar-refractivity contribution >= 4 is 5.97 Å². The van der Waals surface area contributed by atoms with Crippen LogP contribution in [0.25, 0.3) is 16.9 Å². The zero-order chi connectivity index (χ0) is 16.5. The van der Waals surface area contributed by atoms with Gasteiger partial charge in [-0.1, -0.05) is 18.2 Å². The number of aromatic nitrogens is 2. The van der Waals surface area contributed by atoms with Gasteiger partial charge in [0.2, 0.25) is 6.79 Å². The number of methoxy groups -OCH3 is 1. The number of fused-ring (bicyclic) bond motifs is 1. The summed E-state index contributed by atoms with van der Waals surface area (Å²) in [5, 5.41) is 4.39. The van der Waals surface area contributed by atoms with Crippen LogP contribution in [0.1, 0.15) is 10.5 Å². The molecule has 0 N–H and O–H groups in total. The van der Waals surface area contributed by atoms with Crippen molar-refractivity contribution in [3.63, 3.8) is 0 Å². The molecule has 1 aliphatic heterocycles. The molecule has 1 aromatic heterocycles. The van der Waals surface area contributed by atoms with Gasteiger partial charge in [0, 0.05) is 5.56 Å². The molecule has 0 bridgehead atoms. The summed E-state index contributed by atoms with van der Waals surface area (Å²) in [6.45, 7) is 0.212. The SMILES string of the molecule is COC(=O)c1cc(-c2ccc3c(c2)OCO3)n(-c2ccccc2)n1. The maximum atomic E-state index is 11.9. The average molecular weight is 322 g/mol. The third kappa shape index (κ3) is 2.38. The first-order valence-corrected chi connectivity index (χ1v) is 7.40. The first kappa shape index (κ1) is 14.3. The van der Waals surface area contributed by atoms with Crippen LogP contribution in [-0.2, 0) is 4.74 Å². The lowest BCUT2D eigenvalue weighted by atomic mass is 10.1. The lowest BCUT2D eigenvalue weighted by Crippen LogP contribution is -2.04. The van der Waals surface area contributed by atoms with E-state index in [9.17, 15) is 4.79 Å². The maximum Gasteiger partial charge on any atom is 0.358 e. The van der Waals surface area contributed by atoms with Gasteiger partial charge in [-0.05, 0) is 36.4 Å². The van der Waals surface area contributed by atoms with Gasteiger partial charge in [0.15, 0.2) is 17.2 Å². The van der Waals surface area contributed by atoms with Crippen LogP contribution >= 0.6 is 0 Å². The average Bonchev–Trinajstić information content (AvgIpc) is 3.28. The molecule has 0 aliphatic carbocycles. The zero-order valence-electron chi connectivity index (χ0n) is 12.9. The van der Waals surface area contributed by atoms with E-state index in [1.54, 1.807) is 10.7 Å². The number of benzene rings is 2. The maximum absolute atomic E-state index is 11.9. The number of carbonyl (C=O) groups is 1. The third-order valence-electron chi connectivity index (χ3n) is 3.77. The Bertz CT molecular complexity index is 903. The molecule has 6 heteroatoms. The van der Waals surface area contributed by atoms with Crippen molar-refractivity contribution in [1.29, 1.82) is 0 Å². The monoisotopic (exact) mass is 322 g/mol. The fourth-order valence-electron chi connectivity index (χ4n) is 2.61. The summed E-state index contributed by atoms with van der Waals surface area (Å²) >= 11 is 0. The molecular formula is C18H14N2O4. The Kier molecular flexibility index (Phi) is 3.42. The minimum atomic E-state index is -0.480. The molecule has 0 fully saturated rings. The quantitative estimate of drug-likeness (QED) is 0.694. The Hall–Kier alpha value is -3.28. The van der Waals surface area contributed by atoms with Crippen LogP contribution < -0.4 is 9.47 Å². The standard InChI is InChI=1S/C18H14N2O4/c1-22-18(21)14-10-15(20(19-14)13-5-3-2-4-6-13)12-7-8-16-17(9-12)24-11-23-16/h2-10H,11H2,1H3. The molecule has 0 unspecified atom stereocenters. The number of hydrogen-bond acceptors (Lipinski definition) is 5. The van der Waals surface area contributed by atoms with Crippen LogP contribution in [-0.4, -0.2) is 29.7 Å². The van der Waals surface area contributed by atoms with E-state index in [0.29, 0.717) is 11.5 Å². The van der Waals surface area contributed by atoms with Gasteiger partial charge in [-0.15, -0.1) is 0 Å². The molecule has 0 saturated heterocycles. The molecule has 6 nitrogen and oxygen atoms in total. The van der Waals surface area contributed by atoms with E-state index in [1.807, 2.05) is 48.5 Å². The van der Waals surface area contributed by atoms with E-state index in [1.165, 1.54) is 7.11 Å². The number of carbonyl (C=O) groups excluding carboxylic acids is 1. The van der Waals surface area contributed by atoms with Crippen molar-refractivity contribution in [3.8, 4) is 28.4 Å². The molecule has 120 valence electrons. The van der Waals surface area contributed by atoms with Crippen LogP contribution in [0.5, 0.6) is 11.5 Å². The van der Waals surface area contributed by atoms with Crippen molar-refractivity contribution in [2.24, 2.45) is 0 Å². The molecule has 1 aliphatic rings. The molecule has 0 spiro atoms. The zero-order valence-corrected chi connectivity index (χ0v) is 12.9. The molecule has 0 amide bonds. The van der Waals surface area contributed by atoms with E-state index >= 15 is 0 Å². The topological polar surface area (TPSA) is 62.6 Å². The third-order valence-corrected chi connectivity index (χ3v) is 3.77. The van der Waals surface area contributed by atoms with Crippen molar-refractivity contribution in [2.45, 2.75) is 0 Å². The molecule has 3 aromatic rings. The molecule has 24 heavy (non-hydrogen) atoms. The van der Waals surface area contributed by atoms with E-state index in [2.05, 4.69) is 5.10 Å². The van der Waals surface area contributed by atoms with Gasteiger partial charge < -0.3 is 14.2 Å². The van der Waals surface area contributed by atoms with Gasteiger partial charge in [0.1, 0.15) is 0 Å². The Labute approximate surface area is 138 Å². The number of ether oxygens (including phenoxy) is 3. The Balaban J connectivity index is 1.87. The van der Waals surface area contributed by atoms with Crippen LogP contribution in [0, 0.1) is 0 Å². The minimum Gasteiger partial charge on any atom is -0.464 e. The van der Waals surface area contributed by atoms with Gasteiger partial charge in [-0.3, -0.25) is 0 Å². The first-order valence-electron chi connectivity index (χ1n) is 7.40. The summed E-state index contributed by atoms with van der Waals surface area (Å²) in [6, 6.07) is 16.9. The van der Waals surface area contributed by atoms with Gasteiger partial charge in [0.05, 0.1) is 18.5 Å². The Morgan fingerprint density at radius 3 is 2.67 bits per heavy atom. The highest BCUT2D eigenvalue weighted by Crippen LogP contribution is 2.36. The van der Waals surface area contributed by atoms with Crippen molar-refractivity contribution < 1.29 is 19.0 Å². The summed E-state index contributed by atoms with van der Waals surface area (Å²) in [5.74, 6) is 0.900. The molecule has 0 atom stereocenters. The smallest absolute Gasteiger partial charge is 0.358 e. The first-order chi connectivity index (χ1) is 11.8. The van der Waals surface area contributed by atoms with Crippen molar-refractivity contribution in [3.05, 3.63) is 60.3 Å². The molecular weight excluding hydrogens is 308 g/mol. The molecule has 0 saturated carbocycles. The molecule has 2 aromatic carbocycles. The summed E-state index contributed by atoms with van der Waals surface area (Å²) < 4.78 is 17.3. The largest absolute Gasteiger partial charge is 0.464 e. The highest BCUT2D eigenvalue weighted by Gasteiger charge is 2.20. The van der Waals surface area contributed by atoms with Crippen molar-refractivity contribution in [2.75, 3.05) is 13.9 Å². The Morgan fingerprint density at radius 1 is 1.08 bits per heavy atom. The molecule has 0 radical (unpaired) electrons. The number of hydrogen-bond donors (Lipinski definition) is 0. The van der Waals surface area contributed by atoms with E-state index < -0.39 is 5.97 Å². The van der Waals surface area contributed by atoms with Crippen LogP contribution in [0.4, 0.5) is 0 Å². The van der Waals surface area contributed by atoms with Gasteiger partial charge in [-0.25, -0.2) is 9.48 Å². The lowest BCUT2D eigenvalue weighted by Gasteiger charge is -2.08. The second kappa shape index (κ2) is 5.73. The predicted octanol–water partition coefficient (Wildman–Crippen LogP) is 3.05. The summed E-state index contributed by atoms with van der Waals surface area (Å²) in [6.07, 6.45) is 0. The van der Waals surface area contributed by atoms with E-state index in [0.717, 1.165) is 16.9 Å². The molecule has 4 rings (SSSR count). The Morgan fingerprint density at radius 2 is 1.88 bits per heavy atom. The number of nitrogens with zero attached hydrogens (tertiary/aromatic N) is 2. The second-order valence-electron chi connectivity index (χ2n) is 5.22. The van der Waals surface area contributed by atoms with E-state index in [4.69, 9.17) is 14.2 Å². The predicted molar refractivity (Wildman–Crippen MR) is 86.5 cm³/mol. The number of para-hydroxylation sites is 1. The normalized spacial score (nSPS) is 12.2. The number of rotatable bonds is 3. The van der Waals surface area contributed by atoms with Gasteiger partial charge in [0.25, 0.3) is 0 Å². The minimum absolute atomic E-state index is 0.212. The lowest BCUT2D eigenvalue weighted by molar-refractivity contribution is 0.0593. The van der Waals surface area contributed by atoms with Gasteiger partial charge >= 0.3 is 5.97 Å². The highest BCUT2D eigenvalue weighted by molar-refractivity contribution is 5.89. The molecule has 2 heterocycles. The van der Waals surface area contributed by atoms with E-state index in [-0.39, 0.29) is 12.5 Å². The van der Waals surface area contributed by atoms with Crippen molar-refractivity contribution in [1.82, 2.24) is 9.78 Å². The summed E-state index contributed by atoms with van der Waals surface area (Å²) in [7, 11) is 1.34. The van der Waals surface area contributed by atoms with Crippen LogP contribution in [0.15, 0.2) is 54.6 Å². The van der Waals surface area contributed by atoms with Crippen LogP contribution in [0.2, 0.25) is 0 Å². The summed E-state index contributed by atoms with van der Waals surface area (Å²) in [4.78, 5) is 11.9. The fourth-order valence-corrected chi connectivity index (χ4v) is 2.61. The number of esters is 1. The van der Waals surface area contributed by atoms with Crippen LogP contribution in [0.3, 0.4) is 0 Å². The summed E-state index contributed by atoms with van der Waals surface area (Å²) in [5.41, 5.74) is 2.72. The highest BCUT2D eigenvalue weighted by atomic mass is 16.7. The van der Waals surface area contributed by atoms with Gasteiger partial charge in [-0.2, -0.15) is 5.10 Å². The fraction of sp³-hybridized carbons (Fsp3) is 0.111. The second-order valence-corrected chi connectivity index (χ2v) is 5.22.